The minimum absolute atomic E-state index is 0. The van der Waals surface area contributed by atoms with Crippen LogP contribution < -0.4 is 5.73 Å². The Morgan fingerprint density at radius 1 is 1.29 bits per heavy atom. The molecule has 1 atom stereocenters. The number of aliphatic hydroxyl groups excluding tert-OH is 1. The van der Waals surface area contributed by atoms with Crippen LogP contribution in [0.1, 0.15) is 5.56 Å². The lowest BCUT2D eigenvalue weighted by Crippen LogP contribution is -2.27. The Morgan fingerprint density at radius 2 is 1.79 bits per heavy atom. The van der Waals surface area contributed by atoms with E-state index in [-0.39, 0.29) is 31.0 Å². The molecule has 0 aliphatic carbocycles. The molecule has 0 aromatic heterocycles. The van der Waals surface area contributed by atoms with Gasteiger partial charge in [0.2, 0.25) is 0 Å². The van der Waals surface area contributed by atoms with Crippen molar-refractivity contribution in [3.8, 4) is 0 Å². The number of aliphatic hydroxyl groups is 1. The lowest BCUT2D eigenvalue weighted by molar-refractivity contribution is 0.263. The number of benzene rings is 1. The van der Waals surface area contributed by atoms with Crippen molar-refractivity contribution < 1.29 is 13.9 Å². The molecule has 0 bridgehead atoms. The second kappa shape index (κ2) is 5.90. The van der Waals surface area contributed by atoms with Gasteiger partial charge in [-0.1, -0.05) is 6.07 Å². The van der Waals surface area contributed by atoms with E-state index in [9.17, 15) is 8.78 Å². The molecular weight excluding hydrogens is 212 g/mol. The molecule has 0 fully saturated rings. The van der Waals surface area contributed by atoms with E-state index in [4.69, 9.17) is 10.8 Å². The van der Waals surface area contributed by atoms with E-state index in [0.717, 1.165) is 0 Å². The fourth-order valence-electron chi connectivity index (χ4n) is 1.05. The monoisotopic (exact) mass is 223 g/mol. The molecule has 0 saturated carbocycles. The Balaban J connectivity index is 0.00000169. The molecule has 0 radical (unpaired) electrons. The zero-order chi connectivity index (χ0) is 9.84. The lowest BCUT2D eigenvalue weighted by Gasteiger charge is -2.09. The average molecular weight is 224 g/mol. The number of nitrogens with two attached hydrogens (primary N) is 1. The van der Waals surface area contributed by atoms with Gasteiger partial charge in [-0.25, -0.2) is 8.78 Å². The highest BCUT2D eigenvalue weighted by Crippen LogP contribution is 2.13. The summed E-state index contributed by atoms with van der Waals surface area (Å²) in [4.78, 5) is 0. The number of hydrogen-bond donors (Lipinski definition) is 2. The van der Waals surface area contributed by atoms with Gasteiger partial charge < -0.3 is 10.8 Å². The first-order valence-corrected chi connectivity index (χ1v) is 3.94. The van der Waals surface area contributed by atoms with Crippen LogP contribution in [-0.2, 0) is 6.42 Å². The van der Waals surface area contributed by atoms with Crippen LogP contribution >= 0.6 is 12.4 Å². The van der Waals surface area contributed by atoms with Gasteiger partial charge in [0.05, 0.1) is 6.61 Å². The lowest BCUT2D eigenvalue weighted by atomic mass is 10.1. The summed E-state index contributed by atoms with van der Waals surface area (Å²) < 4.78 is 25.9. The highest BCUT2D eigenvalue weighted by Gasteiger charge is 2.11. The van der Waals surface area contributed by atoms with Crippen molar-refractivity contribution in [2.45, 2.75) is 12.5 Å². The van der Waals surface area contributed by atoms with Gasteiger partial charge >= 0.3 is 0 Å². The fourth-order valence-corrected chi connectivity index (χ4v) is 1.05. The van der Waals surface area contributed by atoms with Crippen molar-refractivity contribution in [3.05, 3.63) is 35.4 Å². The topological polar surface area (TPSA) is 46.2 Å². The third-order valence-corrected chi connectivity index (χ3v) is 1.76. The van der Waals surface area contributed by atoms with Crippen molar-refractivity contribution in [2.24, 2.45) is 5.73 Å². The third-order valence-electron chi connectivity index (χ3n) is 1.76. The molecule has 80 valence electrons. The molecule has 3 N–H and O–H groups in total. The smallest absolute Gasteiger partial charge is 0.129 e. The molecule has 1 aromatic carbocycles. The number of rotatable bonds is 3. The van der Waals surface area contributed by atoms with Crippen molar-refractivity contribution in [1.29, 1.82) is 0 Å². The zero-order valence-corrected chi connectivity index (χ0v) is 8.23. The number of halogens is 3. The standard InChI is InChI=1S/C9H11F2NO.ClH/c10-8-2-1-3-9(11)7(8)4-6(12)5-13;/h1-3,6,13H,4-5,12H2;1H. The van der Waals surface area contributed by atoms with Gasteiger partial charge in [-0.15, -0.1) is 12.4 Å². The van der Waals surface area contributed by atoms with Crippen LogP contribution in [0.15, 0.2) is 18.2 Å². The van der Waals surface area contributed by atoms with Crippen LogP contribution in [0.4, 0.5) is 8.78 Å². The second-order valence-corrected chi connectivity index (χ2v) is 2.85. The molecule has 14 heavy (non-hydrogen) atoms. The molecule has 1 unspecified atom stereocenters. The highest BCUT2D eigenvalue weighted by molar-refractivity contribution is 5.85. The van der Waals surface area contributed by atoms with Gasteiger partial charge in [-0.3, -0.25) is 0 Å². The Kier molecular flexibility index (Phi) is 5.60. The molecule has 0 amide bonds. The molecule has 0 spiro atoms. The first kappa shape index (κ1) is 13.3. The fraction of sp³-hybridized carbons (Fsp3) is 0.333. The Labute approximate surface area is 87.1 Å². The van der Waals surface area contributed by atoms with Crippen molar-refractivity contribution in [3.63, 3.8) is 0 Å². The molecule has 2 nitrogen and oxygen atoms in total. The zero-order valence-electron chi connectivity index (χ0n) is 7.41. The van der Waals surface area contributed by atoms with Gasteiger partial charge in [-0.05, 0) is 18.6 Å². The maximum absolute atomic E-state index is 13.0. The van der Waals surface area contributed by atoms with Crippen LogP contribution in [0.3, 0.4) is 0 Å². The van der Waals surface area contributed by atoms with Gasteiger partial charge in [0.1, 0.15) is 11.6 Å². The van der Waals surface area contributed by atoms with E-state index in [1.54, 1.807) is 0 Å². The average Bonchev–Trinajstić information content (AvgIpc) is 2.11. The van der Waals surface area contributed by atoms with Crippen LogP contribution in [0.25, 0.3) is 0 Å². The third kappa shape index (κ3) is 3.21. The Morgan fingerprint density at radius 3 is 2.21 bits per heavy atom. The molecule has 1 rings (SSSR count). The van der Waals surface area contributed by atoms with E-state index in [1.807, 2.05) is 0 Å². The predicted octanol–water partition coefficient (Wildman–Crippen LogP) is 1.25. The molecule has 5 heteroatoms. The molecule has 0 heterocycles. The van der Waals surface area contributed by atoms with E-state index in [2.05, 4.69) is 0 Å². The summed E-state index contributed by atoms with van der Waals surface area (Å²) in [5.41, 5.74) is 5.29. The van der Waals surface area contributed by atoms with E-state index in [1.165, 1.54) is 18.2 Å². The summed E-state index contributed by atoms with van der Waals surface area (Å²) in [6.07, 6.45) is 0.00894. The first-order valence-electron chi connectivity index (χ1n) is 3.94. The SMILES string of the molecule is Cl.NC(CO)Cc1c(F)cccc1F. The molecule has 0 saturated heterocycles. The van der Waals surface area contributed by atoms with Gasteiger partial charge in [-0.2, -0.15) is 0 Å². The van der Waals surface area contributed by atoms with E-state index in [0.29, 0.717) is 0 Å². The Hall–Kier alpha value is -0.710. The van der Waals surface area contributed by atoms with Crippen LogP contribution in [0.2, 0.25) is 0 Å². The maximum Gasteiger partial charge on any atom is 0.129 e. The number of hydrogen-bond acceptors (Lipinski definition) is 2. The van der Waals surface area contributed by atoms with Gasteiger partial charge in [0.25, 0.3) is 0 Å². The van der Waals surface area contributed by atoms with Crippen LogP contribution in [0, 0.1) is 11.6 Å². The quantitative estimate of drug-likeness (QED) is 0.810. The van der Waals surface area contributed by atoms with Crippen molar-refractivity contribution in [1.82, 2.24) is 0 Å². The Bertz CT molecular complexity index is 276. The maximum atomic E-state index is 13.0. The van der Waals surface area contributed by atoms with E-state index < -0.39 is 17.7 Å². The molecule has 0 aliphatic heterocycles. The minimum Gasteiger partial charge on any atom is -0.395 e. The van der Waals surface area contributed by atoms with Crippen LogP contribution in [-0.4, -0.2) is 17.8 Å². The minimum atomic E-state index is -0.621. The summed E-state index contributed by atoms with van der Waals surface area (Å²) in [6, 6.07) is 3.01. The second-order valence-electron chi connectivity index (χ2n) is 2.85. The normalized spacial score (nSPS) is 12.0. The largest absolute Gasteiger partial charge is 0.395 e. The summed E-state index contributed by atoms with van der Waals surface area (Å²) >= 11 is 0. The molecule has 1 aromatic rings. The molecular formula is C9H12ClF2NO. The summed E-state index contributed by atoms with van der Waals surface area (Å²) in [5.74, 6) is -1.24. The van der Waals surface area contributed by atoms with Crippen molar-refractivity contribution in [2.75, 3.05) is 6.61 Å². The van der Waals surface area contributed by atoms with Crippen LogP contribution in [0.5, 0.6) is 0 Å². The highest BCUT2D eigenvalue weighted by atomic mass is 35.5. The van der Waals surface area contributed by atoms with Crippen molar-refractivity contribution >= 4 is 12.4 Å². The summed E-state index contributed by atoms with van der Waals surface area (Å²) in [5, 5.41) is 8.61. The summed E-state index contributed by atoms with van der Waals surface area (Å²) in [7, 11) is 0. The first-order chi connectivity index (χ1) is 6.15. The molecule has 0 aliphatic rings. The van der Waals surface area contributed by atoms with Gasteiger partial charge in [0, 0.05) is 11.6 Å². The van der Waals surface area contributed by atoms with Gasteiger partial charge in [0.15, 0.2) is 0 Å². The van der Waals surface area contributed by atoms with E-state index >= 15 is 0 Å². The summed E-state index contributed by atoms with van der Waals surface area (Å²) in [6.45, 7) is -0.284. The predicted molar refractivity (Wildman–Crippen MR) is 52.4 cm³/mol.